The van der Waals surface area contributed by atoms with Crippen molar-refractivity contribution in [3.63, 3.8) is 0 Å². The molecule has 7 heteroatoms. The smallest absolute Gasteiger partial charge is 0.254 e. The van der Waals surface area contributed by atoms with Crippen LogP contribution in [0, 0.1) is 0 Å². The van der Waals surface area contributed by atoms with Crippen molar-refractivity contribution in [1.82, 2.24) is 4.90 Å². The highest BCUT2D eigenvalue weighted by molar-refractivity contribution is 7.91. The van der Waals surface area contributed by atoms with Crippen LogP contribution < -0.4 is 4.74 Å². The summed E-state index contributed by atoms with van der Waals surface area (Å²) in [5.41, 5.74) is 1.28. The number of hydrogen-bond acceptors (Lipinski definition) is 4. The summed E-state index contributed by atoms with van der Waals surface area (Å²) in [6.07, 6.45) is 2.41. The Labute approximate surface area is 177 Å². The largest absolute Gasteiger partial charge is 0.494 e. The summed E-state index contributed by atoms with van der Waals surface area (Å²) in [6.45, 7) is 2.95. The summed E-state index contributed by atoms with van der Waals surface area (Å²) in [5, 5.41) is 0.558. The molecule has 1 saturated heterocycles. The van der Waals surface area contributed by atoms with Gasteiger partial charge in [0.1, 0.15) is 5.75 Å². The SMILES string of the molecule is CCCCOc1cccc(C(=O)N(Cc2ccccc2Cl)[C@@H]2CCS(=O)(=O)C2)c1. The third-order valence-electron chi connectivity index (χ3n) is 5.06. The second-order valence-corrected chi connectivity index (χ2v) is 9.95. The normalized spacial score (nSPS) is 17.8. The van der Waals surface area contributed by atoms with Gasteiger partial charge in [0.15, 0.2) is 9.84 Å². The van der Waals surface area contributed by atoms with Crippen LogP contribution in [0.4, 0.5) is 0 Å². The van der Waals surface area contributed by atoms with E-state index < -0.39 is 9.84 Å². The molecule has 0 radical (unpaired) electrons. The number of ether oxygens (including phenoxy) is 1. The molecule has 0 aromatic heterocycles. The van der Waals surface area contributed by atoms with Gasteiger partial charge in [0, 0.05) is 23.2 Å². The molecule has 1 amide bonds. The number of rotatable bonds is 8. The van der Waals surface area contributed by atoms with Crippen LogP contribution in [0.1, 0.15) is 42.1 Å². The number of carbonyl (C=O) groups is 1. The van der Waals surface area contributed by atoms with Crippen LogP contribution >= 0.6 is 11.6 Å². The minimum atomic E-state index is -3.13. The lowest BCUT2D eigenvalue weighted by atomic mass is 10.1. The van der Waals surface area contributed by atoms with Gasteiger partial charge in [-0.3, -0.25) is 4.79 Å². The molecular formula is C22H26ClNO4S. The van der Waals surface area contributed by atoms with Crippen molar-refractivity contribution in [2.75, 3.05) is 18.1 Å². The van der Waals surface area contributed by atoms with Gasteiger partial charge < -0.3 is 9.64 Å². The van der Waals surface area contributed by atoms with Gasteiger partial charge in [-0.25, -0.2) is 8.42 Å². The summed E-state index contributed by atoms with van der Waals surface area (Å²) in [7, 11) is -3.13. The van der Waals surface area contributed by atoms with Gasteiger partial charge in [0.2, 0.25) is 0 Å². The Balaban J connectivity index is 1.86. The zero-order valence-corrected chi connectivity index (χ0v) is 18.1. The Hall–Kier alpha value is -2.05. The molecule has 0 aliphatic carbocycles. The second kappa shape index (κ2) is 9.63. The lowest BCUT2D eigenvalue weighted by Gasteiger charge is -2.29. The van der Waals surface area contributed by atoms with Crippen molar-refractivity contribution in [3.05, 3.63) is 64.7 Å². The molecule has 3 rings (SSSR count). The van der Waals surface area contributed by atoms with Gasteiger partial charge in [-0.05, 0) is 42.7 Å². The van der Waals surface area contributed by atoms with Crippen LogP contribution in [0.25, 0.3) is 0 Å². The molecule has 1 atom stereocenters. The van der Waals surface area contributed by atoms with Gasteiger partial charge >= 0.3 is 0 Å². The maximum absolute atomic E-state index is 13.4. The summed E-state index contributed by atoms with van der Waals surface area (Å²) in [4.78, 5) is 15.0. The average Bonchev–Trinajstić information content (AvgIpc) is 3.07. The van der Waals surface area contributed by atoms with E-state index in [9.17, 15) is 13.2 Å². The predicted octanol–water partition coefficient (Wildman–Crippen LogP) is 4.35. The molecule has 0 unspecified atom stereocenters. The first-order valence-electron chi connectivity index (χ1n) is 9.87. The number of halogens is 1. The quantitative estimate of drug-likeness (QED) is 0.578. The second-order valence-electron chi connectivity index (χ2n) is 7.31. The zero-order chi connectivity index (χ0) is 20.9. The van der Waals surface area contributed by atoms with Gasteiger partial charge in [-0.2, -0.15) is 0 Å². The van der Waals surface area contributed by atoms with E-state index in [2.05, 4.69) is 6.92 Å². The maximum atomic E-state index is 13.4. The first kappa shape index (κ1) is 21.7. The van der Waals surface area contributed by atoms with Crippen molar-refractivity contribution >= 4 is 27.3 Å². The van der Waals surface area contributed by atoms with Crippen molar-refractivity contribution in [1.29, 1.82) is 0 Å². The van der Waals surface area contributed by atoms with E-state index in [0.29, 0.717) is 29.4 Å². The van der Waals surface area contributed by atoms with Crippen LogP contribution in [0.3, 0.4) is 0 Å². The number of sulfone groups is 1. The van der Waals surface area contributed by atoms with Crippen LogP contribution in [-0.2, 0) is 16.4 Å². The minimum absolute atomic E-state index is 0.0180. The lowest BCUT2D eigenvalue weighted by molar-refractivity contribution is 0.0680. The fraction of sp³-hybridized carbons (Fsp3) is 0.409. The van der Waals surface area contributed by atoms with E-state index in [1.54, 1.807) is 29.2 Å². The van der Waals surface area contributed by atoms with E-state index in [0.717, 1.165) is 18.4 Å². The van der Waals surface area contributed by atoms with Gasteiger partial charge in [0.25, 0.3) is 5.91 Å². The van der Waals surface area contributed by atoms with E-state index in [1.807, 2.05) is 24.3 Å². The highest BCUT2D eigenvalue weighted by Crippen LogP contribution is 2.26. The first-order valence-corrected chi connectivity index (χ1v) is 12.1. The van der Waals surface area contributed by atoms with E-state index in [-0.39, 0.29) is 30.0 Å². The van der Waals surface area contributed by atoms with E-state index in [4.69, 9.17) is 16.3 Å². The number of nitrogens with zero attached hydrogens (tertiary/aromatic N) is 1. The Bertz CT molecular complexity index is 961. The monoisotopic (exact) mass is 435 g/mol. The minimum Gasteiger partial charge on any atom is -0.494 e. The standard InChI is InChI=1S/C22H26ClNO4S/c1-2-3-12-28-20-9-6-8-17(14-20)22(25)24(19-11-13-29(26,27)16-19)15-18-7-4-5-10-21(18)23/h4-10,14,19H,2-3,11-13,15-16H2,1H3/t19-/m1/s1. The first-order chi connectivity index (χ1) is 13.9. The number of unbranched alkanes of at least 4 members (excludes halogenated alkanes) is 1. The molecule has 156 valence electrons. The molecule has 0 bridgehead atoms. The highest BCUT2D eigenvalue weighted by Gasteiger charge is 2.35. The molecule has 1 fully saturated rings. The van der Waals surface area contributed by atoms with Gasteiger partial charge in [0.05, 0.1) is 18.1 Å². The Kier molecular flexibility index (Phi) is 7.19. The molecule has 29 heavy (non-hydrogen) atoms. The lowest BCUT2D eigenvalue weighted by Crippen LogP contribution is -2.40. The summed E-state index contributed by atoms with van der Waals surface area (Å²) < 4.78 is 29.8. The van der Waals surface area contributed by atoms with Crippen molar-refractivity contribution < 1.29 is 17.9 Å². The van der Waals surface area contributed by atoms with Crippen LogP contribution in [-0.4, -0.2) is 43.4 Å². The molecule has 0 saturated carbocycles. The molecule has 5 nitrogen and oxygen atoms in total. The van der Waals surface area contributed by atoms with Crippen LogP contribution in [0.15, 0.2) is 48.5 Å². The number of amides is 1. The Morgan fingerprint density at radius 3 is 2.69 bits per heavy atom. The van der Waals surface area contributed by atoms with E-state index in [1.165, 1.54) is 0 Å². The third-order valence-corrected chi connectivity index (χ3v) is 7.18. The third kappa shape index (κ3) is 5.73. The number of benzene rings is 2. The van der Waals surface area contributed by atoms with Gasteiger partial charge in [-0.1, -0.05) is 49.2 Å². The van der Waals surface area contributed by atoms with Gasteiger partial charge in [-0.15, -0.1) is 0 Å². The Morgan fingerprint density at radius 2 is 2.00 bits per heavy atom. The fourth-order valence-corrected chi connectivity index (χ4v) is 5.34. The topological polar surface area (TPSA) is 63.7 Å². The molecule has 2 aromatic carbocycles. The molecule has 0 spiro atoms. The maximum Gasteiger partial charge on any atom is 0.254 e. The van der Waals surface area contributed by atoms with Crippen molar-refractivity contribution in [2.45, 2.75) is 38.8 Å². The van der Waals surface area contributed by atoms with Crippen LogP contribution in [0.2, 0.25) is 5.02 Å². The summed E-state index contributed by atoms with van der Waals surface area (Å²) in [5.74, 6) is 0.508. The predicted molar refractivity (Wildman–Crippen MR) is 115 cm³/mol. The van der Waals surface area contributed by atoms with Crippen molar-refractivity contribution in [2.24, 2.45) is 0 Å². The van der Waals surface area contributed by atoms with Crippen LogP contribution in [0.5, 0.6) is 5.75 Å². The summed E-state index contributed by atoms with van der Waals surface area (Å²) in [6, 6.07) is 14.0. The fourth-order valence-electron chi connectivity index (χ4n) is 3.42. The van der Waals surface area contributed by atoms with E-state index >= 15 is 0 Å². The average molecular weight is 436 g/mol. The molecule has 2 aromatic rings. The Morgan fingerprint density at radius 1 is 1.21 bits per heavy atom. The molecule has 1 aliphatic heterocycles. The van der Waals surface area contributed by atoms with Crippen molar-refractivity contribution in [3.8, 4) is 5.75 Å². The molecular weight excluding hydrogens is 410 g/mol. The number of hydrogen-bond donors (Lipinski definition) is 0. The molecule has 1 aliphatic rings. The summed E-state index contributed by atoms with van der Waals surface area (Å²) >= 11 is 6.30. The number of carbonyl (C=O) groups excluding carboxylic acids is 1. The zero-order valence-electron chi connectivity index (χ0n) is 16.5. The highest BCUT2D eigenvalue weighted by atomic mass is 35.5. The molecule has 1 heterocycles. The molecule has 0 N–H and O–H groups in total.